The van der Waals surface area contributed by atoms with E-state index in [0.29, 0.717) is 64.3 Å². The highest BCUT2D eigenvalue weighted by molar-refractivity contribution is 5.95. The summed E-state index contributed by atoms with van der Waals surface area (Å²) in [6, 6.07) is 3.51. The van der Waals surface area contributed by atoms with Crippen molar-refractivity contribution in [2.45, 2.75) is 31.9 Å². The molecule has 0 atom stereocenters. The average molecular weight is 389 g/mol. The zero-order valence-corrected chi connectivity index (χ0v) is 15.6. The molecule has 0 unspecified atom stereocenters. The van der Waals surface area contributed by atoms with Crippen LogP contribution in [0.1, 0.15) is 26.3 Å². The molecule has 148 valence electrons. The SMILES string of the molecule is COc1ccc(-c2cnn(C(F)F)c2)c2ncc(N3CCC(C)(O)CC3)nc12. The van der Waals surface area contributed by atoms with Gasteiger partial charge in [0.2, 0.25) is 0 Å². The molecular formula is C19H21F2N5O2. The maximum atomic E-state index is 12.9. The quantitative estimate of drug-likeness (QED) is 0.738. The minimum absolute atomic E-state index is 0.532. The van der Waals surface area contributed by atoms with Gasteiger partial charge in [0.25, 0.3) is 0 Å². The first-order chi connectivity index (χ1) is 13.4. The number of anilines is 1. The van der Waals surface area contributed by atoms with Crippen LogP contribution in [0.4, 0.5) is 14.6 Å². The van der Waals surface area contributed by atoms with Gasteiger partial charge in [-0.2, -0.15) is 13.9 Å². The molecule has 0 amide bonds. The highest BCUT2D eigenvalue weighted by atomic mass is 19.3. The van der Waals surface area contributed by atoms with Crippen molar-refractivity contribution in [2.75, 3.05) is 25.1 Å². The minimum Gasteiger partial charge on any atom is -0.494 e. The molecule has 7 nitrogen and oxygen atoms in total. The third kappa shape index (κ3) is 3.37. The second kappa shape index (κ2) is 6.97. The molecule has 2 aromatic heterocycles. The van der Waals surface area contributed by atoms with Gasteiger partial charge in [-0.1, -0.05) is 0 Å². The zero-order chi connectivity index (χ0) is 19.9. The molecule has 1 aromatic carbocycles. The van der Waals surface area contributed by atoms with Crippen molar-refractivity contribution in [1.82, 2.24) is 19.7 Å². The van der Waals surface area contributed by atoms with Crippen LogP contribution in [-0.2, 0) is 0 Å². The highest BCUT2D eigenvalue weighted by Crippen LogP contribution is 2.34. The number of hydrogen-bond donors (Lipinski definition) is 1. The standard InChI is InChI=1S/C19H21F2N5O2/c1-19(27)5-7-25(8-6-19)15-10-22-16-13(3-4-14(28-2)17(16)24-15)12-9-23-26(11-12)18(20)21/h3-4,9-11,18,27H,5-8H2,1-2H3. The fourth-order valence-corrected chi connectivity index (χ4v) is 3.42. The Labute approximate surface area is 160 Å². The maximum absolute atomic E-state index is 12.9. The Morgan fingerprint density at radius 1 is 1.18 bits per heavy atom. The number of fused-ring (bicyclic) bond motifs is 1. The van der Waals surface area contributed by atoms with E-state index < -0.39 is 12.2 Å². The molecule has 3 aromatic rings. The Kier molecular flexibility index (Phi) is 4.62. The number of rotatable bonds is 4. The average Bonchev–Trinajstić information content (AvgIpc) is 3.17. The Morgan fingerprint density at radius 3 is 2.57 bits per heavy atom. The van der Waals surface area contributed by atoms with Crippen molar-refractivity contribution < 1.29 is 18.6 Å². The predicted octanol–water partition coefficient (Wildman–Crippen LogP) is 3.25. The molecule has 0 aliphatic carbocycles. The molecule has 4 rings (SSSR count). The predicted molar refractivity (Wildman–Crippen MR) is 101 cm³/mol. The lowest BCUT2D eigenvalue weighted by molar-refractivity contribution is 0.0350. The van der Waals surface area contributed by atoms with Gasteiger partial charge >= 0.3 is 6.55 Å². The van der Waals surface area contributed by atoms with Crippen molar-refractivity contribution in [2.24, 2.45) is 0 Å². The Balaban J connectivity index is 1.75. The lowest BCUT2D eigenvalue weighted by Crippen LogP contribution is -2.42. The van der Waals surface area contributed by atoms with Gasteiger partial charge in [-0.3, -0.25) is 0 Å². The van der Waals surface area contributed by atoms with Crippen LogP contribution in [0.15, 0.2) is 30.7 Å². The summed E-state index contributed by atoms with van der Waals surface area (Å²) >= 11 is 0. The molecule has 1 N–H and O–H groups in total. The lowest BCUT2D eigenvalue weighted by Gasteiger charge is -2.36. The van der Waals surface area contributed by atoms with Gasteiger partial charge < -0.3 is 14.7 Å². The van der Waals surface area contributed by atoms with Crippen molar-refractivity contribution in [3.05, 3.63) is 30.7 Å². The number of alkyl halides is 2. The van der Waals surface area contributed by atoms with E-state index in [-0.39, 0.29) is 0 Å². The van der Waals surface area contributed by atoms with Crippen molar-refractivity contribution in [1.29, 1.82) is 0 Å². The minimum atomic E-state index is -2.70. The zero-order valence-electron chi connectivity index (χ0n) is 15.6. The molecule has 28 heavy (non-hydrogen) atoms. The smallest absolute Gasteiger partial charge is 0.333 e. The number of piperidine rings is 1. The maximum Gasteiger partial charge on any atom is 0.333 e. The van der Waals surface area contributed by atoms with E-state index in [1.165, 1.54) is 12.4 Å². The van der Waals surface area contributed by atoms with Crippen LogP contribution in [0.2, 0.25) is 0 Å². The third-order valence-electron chi connectivity index (χ3n) is 5.15. The molecule has 1 fully saturated rings. The van der Waals surface area contributed by atoms with Crippen LogP contribution in [0.25, 0.3) is 22.2 Å². The lowest BCUT2D eigenvalue weighted by atomic mass is 9.94. The summed E-state index contributed by atoms with van der Waals surface area (Å²) in [5.41, 5.74) is 1.64. The molecule has 0 radical (unpaired) electrons. The van der Waals surface area contributed by atoms with Crippen molar-refractivity contribution in [3.8, 4) is 16.9 Å². The van der Waals surface area contributed by atoms with Crippen molar-refractivity contribution >= 4 is 16.9 Å². The Bertz CT molecular complexity index is 995. The fraction of sp³-hybridized carbons (Fsp3) is 0.421. The van der Waals surface area contributed by atoms with Gasteiger partial charge in [0, 0.05) is 30.4 Å². The number of methoxy groups -OCH3 is 1. The van der Waals surface area contributed by atoms with Gasteiger partial charge in [-0.25, -0.2) is 14.6 Å². The van der Waals surface area contributed by atoms with Crippen molar-refractivity contribution in [3.63, 3.8) is 0 Å². The molecule has 9 heteroatoms. The van der Waals surface area contributed by atoms with E-state index in [1.54, 1.807) is 25.4 Å². The first kappa shape index (κ1) is 18.5. The van der Waals surface area contributed by atoms with Crippen LogP contribution in [-0.4, -0.2) is 50.7 Å². The molecule has 0 saturated carbocycles. The summed E-state index contributed by atoms with van der Waals surface area (Å²) in [6.07, 6.45) is 5.64. The van der Waals surface area contributed by atoms with Gasteiger partial charge in [0.05, 0.1) is 25.1 Å². The topological polar surface area (TPSA) is 76.3 Å². The van der Waals surface area contributed by atoms with E-state index in [4.69, 9.17) is 9.72 Å². The Morgan fingerprint density at radius 2 is 1.93 bits per heavy atom. The third-order valence-corrected chi connectivity index (χ3v) is 5.15. The second-order valence-electron chi connectivity index (χ2n) is 7.21. The number of nitrogens with zero attached hydrogens (tertiary/aromatic N) is 5. The summed E-state index contributed by atoms with van der Waals surface area (Å²) in [5, 5.41) is 13.9. The van der Waals surface area contributed by atoms with E-state index in [1.807, 2.05) is 6.92 Å². The molecule has 1 aliphatic heterocycles. The number of aromatic nitrogens is 4. The number of ether oxygens (including phenoxy) is 1. The van der Waals surface area contributed by atoms with E-state index in [2.05, 4.69) is 15.0 Å². The van der Waals surface area contributed by atoms with Gasteiger partial charge in [0.1, 0.15) is 22.6 Å². The molecule has 0 spiro atoms. The summed E-state index contributed by atoms with van der Waals surface area (Å²) in [4.78, 5) is 11.4. The van der Waals surface area contributed by atoms with E-state index in [0.717, 1.165) is 0 Å². The van der Waals surface area contributed by atoms with Crippen LogP contribution >= 0.6 is 0 Å². The van der Waals surface area contributed by atoms with Gasteiger partial charge in [0.15, 0.2) is 0 Å². The van der Waals surface area contributed by atoms with Crippen LogP contribution in [0.5, 0.6) is 5.75 Å². The second-order valence-corrected chi connectivity index (χ2v) is 7.21. The Hall–Kier alpha value is -2.81. The number of halogens is 2. The fourth-order valence-electron chi connectivity index (χ4n) is 3.42. The van der Waals surface area contributed by atoms with Crippen LogP contribution in [0, 0.1) is 0 Å². The molecule has 3 heterocycles. The molecule has 1 aliphatic rings. The van der Waals surface area contributed by atoms with Gasteiger partial charge in [-0.15, -0.1) is 0 Å². The highest BCUT2D eigenvalue weighted by Gasteiger charge is 2.28. The molecule has 1 saturated heterocycles. The normalized spacial score (nSPS) is 16.7. The molecular weight excluding hydrogens is 368 g/mol. The van der Waals surface area contributed by atoms with Crippen LogP contribution in [0.3, 0.4) is 0 Å². The van der Waals surface area contributed by atoms with Gasteiger partial charge in [-0.05, 0) is 31.9 Å². The van der Waals surface area contributed by atoms with E-state index >= 15 is 0 Å². The molecule has 0 bridgehead atoms. The number of aliphatic hydroxyl groups is 1. The van der Waals surface area contributed by atoms with Crippen LogP contribution < -0.4 is 9.64 Å². The first-order valence-corrected chi connectivity index (χ1v) is 9.02. The monoisotopic (exact) mass is 389 g/mol. The summed E-state index contributed by atoms with van der Waals surface area (Å²) < 4.78 is 31.8. The van der Waals surface area contributed by atoms with E-state index in [9.17, 15) is 13.9 Å². The summed E-state index contributed by atoms with van der Waals surface area (Å²) in [6.45, 7) is 0.491. The largest absolute Gasteiger partial charge is 0.494 e. The number of hydrogen-bond acceptors (Lipinski definition) is 6. The summed E-state index contributed by atoms with van der Waals surface area (Å²) in [7, 11) is 1.55. The number of benzene rings is 1. The summed E-state index contributed by atoms with van der Waals surface area (Å²) in [5.74, 6) is 1.25. The first-order valence-electron chi connectivity index (χ1n) is 9.02.